The number of ether oxygens (including phenoxy) is 2. The average Bonchev–Trinajstić information content (AvgIpc) is 2.34. The Kier molecular flexibility index (Phi) is 8.65. The number of piperazine rings is 1. The van der Waals surface area contributed by atoms with Crippen molar-refractivity contribution in [3.05, 3.63) is 0 Å². The zero-order chi connectivity index (χ0) is 11.5. The Morgan fingerprint density at radius 1 is 1.06 bits per heavy atom. The lowest BCUT2D eigenvalue weighted by atomic mass is 10.4. The first kappa shape index (κ1) is 13.9. The smallest absolute Gasteiger partial charge is 0.0701 e. The van der Waals surface area contributed by atoms with Crippen molar-refractivity contribution in [2.75, 3.05) is 72.7 Å². The van der Waals surface area contributed by atoms with Crippen LogP contribution in [0.4, 0.5) is 0 Å². The number of nitrogens with one attached hydrogen (secondary N) is 2. The minimum absolute atomic E-state index is 0.698. The Labute approximate surface area is 98.5 Å². The number of hydrogen-bond donors (Lipinski definition) is 2. The van der Waals surface area contributed by atoms with E-state index in [0.29, 0.717) is 13.2 Å². The van der Waals surface area contributed by atoms with Crippen LogP contribution in [0.25, 0.3) is 0 Å². The van der Waals surface area contributed by atoms with Crippen LogP contribution in [-0.2, 0) is 9.47 Å². The largest absolute Gasteiger partial charge is 0.378 e. The molecular weight excluding hydrogens is 206 g/mol. The number of nitrogens with zero attached hydrogens (tertiary/aromatic N) is 1. The van der Waals surface area contributed by atoms with Crippen molar-refractivity contribution in [1.82, 2.24) is 15.5 Å². The zero-order valence-corrected chi connectivity index (χ0v) is 10.3. The highest BCUT2D eigenvalue weighted by Crippen LogP contribution is 1.91. The number of likely N-dealkylation sites (N-methyl/N-ethyl adjacent to an activating group) is 1. The fourth-order valence-corrected chi connectivity index (χ4v) is 1.62. The standard InChI is InChI=1S/C11H25N3O2/c1-12-4-8-15-10-11-16-9-7-14-5-2-13-3-6-14/h12-13H,2-11H2,1H3. The van der Waals surface area contributed by atoms with Crippen molar-refractivity contribution in [3.8, 4) is 0 Å². The van der Waals surface area contributed by atoms with Gasteiger partial charge in [-0.15, -0.1) is 0 Å². The lowest BCUT2D eigenvalue weighted by Gasteiger charge is -2.26. The van der Waals surface area contributed by atoms with Crippen LogP contribution >= 0.6 is 0 Å². The molecule has 0 amide bonds. The molecule has 0 saturated carbocycles. The average molecular weight is 231 g/mol. The van der Waals surface area contributed by atoms with Gasteiger partial charge in [0.1, 0.15) is 0 Å². The summed E-state index contributed by atoms with van der Waals surface area (Å²) in [6.45, 7) is 9.41. The van der Waals surface area contributed by atoms with E-state index in [1.165, 1.54) is 0 Å². The summed E-state index contributed by atoms with van der Waals surface area (Å²) in [6.07, 6.45) is 0. The molecule has 2 N–H and O–H groups in total. The molecule has 0 aromatic heterocycles. The Balaban J connectivity index is 1.77. The van der Waals surface area contributed by atoms with Gasteiger partial charge in [0, 0.05) is 39.3 Å². The summed E-state index contributed by atoms with van der Waals surface area (Å²) in [7, 11) is 1.92. The van der Waals surface area contributed by atoms with Crippen molar-refractivity contribution < 1.29 is 9.47 Å². The monoisotopic (exact) mass is 231 g/mol. The molecule has 0 atom stereocenters. The van der Waals surface area contributed by atoms with Gasteiger partial charge in [-0.1, -0.05) is 0 Å². The van der Waals surface area contributed by atoms with Crippen molar-refractivity contribution in [3.63, 3.8) is 0 Å². The summed E-state index contributed by atoms with van der Waals surface area (Å²) in [4.78, 5) is 2.43. The van der Waals surface area contributed by atoms with E-state index in [-0.39, 0.29) is 0 Å². The van der Waals surface area contributed by atoms with Gasteiger partial charge in [-0.2, -0.15) is 0 Å². The molecule has 0 spiro atoms. The van der Waals surface area contributed by atoms with Crippen molar-refractivity contribution >= 4 is 0 Å². The minimum atomic E-state index is 0.698. The van der Waals surface area contributed by atoms with Gasteiger partial charge in [0.25, 0.3) is 0 Å². The topological polar surface area (TPSA) is 45.8 Å². The van der Waals surface area contributed by atoms with E-state index in [1.54, 1.807) is 0 Å². The van der Waals surface area contributed by atoms with E-state index < -0.39 is 0 Å². The Morgan fingerprint density at radius 2 is 1.75 bits per heavy atom. The Bertz CT molecular complexity index is 152. The summed E-state index contributed by atoms with van der Waals surface area (Å²) in [6, 6.07) is 0. The summed E-state index contributed by atoms with van der Waals surface area (Å²) in [5, 5.41) is 6.37. The van der Waals surface area contributed by atoms with E-state index in [0.717, 1.165) is 52.5 Å². The van der Waals surface area contributed by atoms with E-state index in [2.05, 4.69) is 15.5 Å². The second-order valence-electron chi connectivity index (χ2n) is 3.92. The third-order valence-electron chi connectivity index (χ3n) is 2.63. The van der Waals surface area contributed by atoms with E-state index in [9.17, 15) is 0 Å². The van der Waals surface area contributed by atoms with Gasteiger partial charge in [0.2, 0.25) is 0 Å². The molecule has 1 aliphatic heterocycles. The van der Waals surface area contributed by atoms with Gasteiger partial charge < -0.3 is 20.1 Å². The lowest BCUT2D eigenvalue weighted by molar-refractivity contribution is 0.0386. The molecule has 0 aromatic carbocycles. The van der Waals surface area contributed by atoms with Gasteiger partial charge in [-0.3, -0.25) is 4.90 Å². The molecule has 0 unspecified atom stereocenters. The fourth-order valence-electron chi connectivity index (χ4n) is 1.62. The maximum atomic E-state index is 5.51. The van der Waals surface area contributed by atoms with Crippen LogP contribution < -0.4 is 10.6 Å². The SMILES string of the molecule is CNCCOCCOCCN1CCNCC1. The minimum Gasteiger partial charge on any atom is -0.378 e. The maximum absolute atomic E-state index is 5.51. The van der Waals surface area contributed by atoms with Crippen molar-refractivity contribution in [2.45, 2.75) is 0 Å². The van der Waals surface area contributed by atoms with Crippen molar-refractivity contribution in [2.24, 2.45) is 0 Å². The maximum Gasteiger partial charge on any atom is 0.0701 e. The molecule has 1 aliphatic rings. The van der Waals surface area contributed by atoms with Crippen LogP contribution in [0.3, 0.4) is 0 Å². The summed E-state index contributed by atoms with van der Waals surface area (Å²) < 4.78 is 10.9. The van der Waals surface area contributed by atoms with Crippen LogP contribution in [0.1, 0.15) is 0 Å². The molecule has 96 valence electrons. The van der Waals surface area contributed by atoms with Crippen molar-refractivity contribution in [1.29, 1.82) is 0 Å². The molecule has 1 fully saturated rings. The quantitative estimate of drug-likeness (QED) is 0.506. The third kappa shape index (κ3) is 7.14. The summed E-state index contributed by atoms with van der Waals surface area (Å²) in [5.74, 6) is 0. The fraction of sp³-hybridized carbons (Fsp3) is 1.00. The zero-order valence-electron chi connectivity index (χ0n) is 10.3. The van der Waals surface area contributed by atoms with Crippen LogP contribution in [-0.4, -0.2) is 77.6 Å². The molecule has 0 bridgehead atoms. The second-order valence-corrected chi connectivity index (χ2v) is 3.92. The molecule has 1 rings (SSSR count). The van der Waals surface area contributed by atoms with Gasteiger partial charge in [-0.25, -0.2) is 0 Å². The van der Waals surface area contributed by atoms with E-state index in [4.69, 9.17) is 9.47 Å². The predicted octanol–water partition coefficient (Wildman–Crippen LogP) is -0.856. The van der Waals surface area contributed by atoms with Gasteiger partial charge in [0.15, 0.2) is 0 Å². The van der Waals surface area contributed by atoms with Gasteiger partial charge in [-0.05, 0) is 7.05 Å². The molecular formula is C11H25N3O2. The lowest BCUT2D eigenvalue weighted by Crippen LogP contribution is -2.44. The highest BCUT2D eigenvalue weighted by atomic mass is 16.5. The van der Waals surface area contributed by atoms with Gasteiger partial charge >= 0.3 is 0 Å². The molecule has 16 heavy (non-hydrogen) atoms. The van der Waals surface area contributed by atoms with E-state index >= 15 is 0 Å². The summed E-state index contributed by atoms with van der Waals surface area (Å²) in [5.41, 5.74) is 0. The number of rotatable bonds is 9. The molecule has 5 heteroatoms. The Hall–Kier alpha value is -0.200. The molecule has 0 aliphatic carbocycles. The normalized spacial score (nSPS) is 17.8. The van der Waals surface area contributed by atoms with E-state index in [1.807, 2.05) is 7.05 Å². The molecule has 1 heterocycles. The first-order valence-electron chi connectivity index (χ1n) is 6.16. The molecule has 0 radical (unpaired) electrons. The second kappa shape index (κ2) is 9.99. The van der Waals surface area contributed by atoms with Crippen LogP contribution in [0.5, 0.6) is 0 Å². The predicted molar refractivity (Wildman–Crippen MR) is 64.9 cm³/mol. The molecule has 0 aromatic rings. The summed E-state index contributed by atoms with van der Waals surface area (Å²) >= 11 is 0. The first-order valence-corrected chi connectivity index (χ1v) is 6.16. The Morgan fingerprint density at radius 3 is 2.44 bits per heavy atom. The molecule has 5 nitrogen and oxygen atoms in total. The number of hydrogen-bond acceptors (Lipinski definition) is 5. The first-order chi connectivity index (χ1) is 7.93. The third-order valence-corrected chi connectivity index (χ3v) is 2.63. The highest BCUT2D eigenvalue weighted by Gasteiger charge is 2.07. The van der Waals surface area contributed by atoms with Crippen LogP contribution in [0, 0.1) is 0 Å². The van der Waals surface area contributed by atoms with Crippen LogP contribution in [0.2, 0.25) is 0 Å². The molecule has 1 saturated heterocycles. The van der Waals surface area contributed by atoms with Crippen LogP contribution in [0.15, 0.2) is 0 Å². The highest BCUT2D eigenvalue weighted by molar-refractivity contribution is 4.66. The van der Waals surface area contributed by atoms with Gasteiger partial charge in [0.05, 0.1) is 26.4 Å².